The van der Waals surface area contributed by atoms with Crippen molar-refractivity contribution in [1.29, 1.82) is 0 Å². The van der Waals surface area contributed by atoms with Gasteiger partial charge in [-0.3, -0.25) is 9.00 Å². The van der Waals surface area contributed by atoms with E-state index in [1.54, 1.807) is 24.3 Å². The number of anilines is 2. The van der Waals surface area contributed by atoms with Gasteiger partial charge in [0.25, 0.3) is 0 Å². The molecule has 1 rings (SSSR count). The number of hydrogen-bond donors (Lipinski definition) is 2. The van der Waals surface area contributed by atoms with Crippen LogP contribution >= 0.6 is 0 Å². The third-order valence-electron chi connectivity index (χ3n) is 2.27. The second-order valence-electron chi connectivity index (χ2n) is 4.62. The Kier molecular flexibility index (Phi) is 5.85. The van der Waals surface area contributed by atoms with Gasteiger partial charge in [0.05, 0.1) is 0 Å². The van der Waals surface area contributed by atoms with E-state index in [9.17, 15) is 9.00 Å². The molecule has 1 amide bonds. The van der Waals surface area contributed by atoms with Crippen molar-refractivity contribution < 1.29 is 9.00 Å². The topological polar surface area (TPSA) is 72.2 Å². The van der Waals surface area contributed by atoms with Crippen molar-refractivity contribution in [1.82, 2.24) is 0 Å². The molecule has 100 valence electrons. The summed E-state index contributed by atoms with van der Waals surface area (Å²) in [5.41, 5.74) is 6.92. The van der Waals surface area contributed by atoms with Crippen molar-refractivity contribution in [3.63, 3.8) is 0 Å². The SMILES string of the molecule is CC(C)CS(=O)CCC(=O)Nc1ccc(N)cc1. The van der Waals surface area contributed by atoms with Crippen LogP contribution in [0.3, 0.4) is 0 Å². The summed E-state index contributed by atoms with van der Waals surface area (Å²) in [6.45, 7) is 4.04. The molecule has 1 unspecified atom stereocenters. The monoisotopic (exact) mass is 268 g/mol. The fraction of sp³-hybridized carbons (Fsp3) is 0.462. The summed E-state index contributed by atoms with van der Waals surface area (Å²) in [5, 5.41) is 2.75. The third kappa shape index (κ3) is 5.82. The first-order valence-electron chi connectivity index (χ1n) is 5.97. The number of carbonyl (C=O) groups is 1. The van der Waals surface area contributed by atoms with E-state index in [4.69, 9.17) is 5.73 Å². The largest absolute Gasteiger partial charge is 0.399 e. The van der Waals surface area contributed by atoms with Crippen molar-refractivity contribution in [2.24, 2.45) is 5.92 Å². The summed E-state index contributed by atoms with van der Waals surface area (Å²) in [5.74, 6) is 1.34. The number of nitrogen functional groups attached to an aromatic ring is 1. The molecule has 0 fully saturated rings. The molecule has 0 aliphatic heterocycles. The average molecular weight is 268 g/mol. The highest BCUT2D eigenvalue weighted by atomic mass is 32.2. The summed E-state index contributed by atoms with van der Waals surface area (Å²) < 4.78 is 11.6. The van der Waals surface area contributed by atoms with Crippen molar-refractivity contribution in [2.45, 2.75) is 20.3 Å². The Bertz CT molecular complexity index is 416. The highest BCUT2D eigenvalue weighted by molar-refractivity contribution is 7.85. The van der Waals surface area contributed by atoms with E-state index in [1.165, 1.54) is 0 Å². The molecule has 0 spiro atoms. The van der Waals surface area contributed by atoms with Crippen molar-refractivity contribution in [3.05, 3.63) is 24.3 Å². The minimum absolute atomic E-state index is 0.114. The van der Waals surface area contributed by atoms with Crippen LogP contribution in [0.1, 0.15) is 20.3 Å². The molecule has 0 saturated carbocycles. The number of amides is 1. The molecule has 1 aromatic rings. The predicted molar refractivity (Wildman–Crippen MR) is 76.8 cm³/mol. The van der Waals surface area contributed by atoms with Crippen molar-refractivity contribution >= 4 is 28.1 Å². The molecule has 1 aromatic carbocycles. The number of benzene rings is 1. The lowest BCUT2D eigenvalue weighted by molar-refractivity contribution is -0.115. The Morgan fingerprint density at radius 2 is 1.94 bits per heavy atom. The molecule has 0 radical (unpaired) electrons. The first-order chi connectivity index (χ1) is 8.47. The highest BCUT2D eigenvalue weighted by Crippen LogP contribution is 2.10. The highest BCUT2D eigenvalue weighted by Gasteiger charge is 2.07. The van der Waals surface area contributed by atoms with Gasteiger partial charge in [0.2, 0.25) is 5.91 Å². The first-order valence-corrected chi connectivity index (χ1v) is 7.46. The van der Waals surface area contributed by atoms with E-state index < -0.39 is 10.8 Å². The third-order valence-corrected chi connectivity index (χ3v) is 3.97. The van der Waals surface area contributed by atoms with Crippen LogP contribution in [-0.4, -0.2) is 21.6 Å². The Labute approximate surface area is 110 Å². The van der Waals surface area contributed by atoms with Crippen LogP contribution in [-0.2, 0) is 15.6 Å². The van der Waals surface area contributed by atoms with Gasteiger partial charge in [0.1, 0.15) is 0 Å². The van der Waals surface area contributed by atoms with Crippen LogP contribution in [0.5, 0.6) is 0 Å². The van der Waals surface area contributed by atoms with Crippen LogP contribution in [0.4, 0.5) is 11.4 Å². The standard InChI is InChI=1S/C13H20N2O2S/c1-10(2)9-18(17)8-7-13(16)15-12-5-3-11(14)4-6-12/h3-6,10H,7-9,14H2,1-2H3,(H,15,16). The molecule has 18 heavy (non-hydrogen) atoms. The minimum Gasteiger partial charge on any atom is -0.399 e. The molecule has 0 heterocycles. The second-order valence-corrected chi connectivity index (χ2v) is 6.25. The van der Waals surface area contributed by atoms with Crippen LogP contribution < -0.4 is 11.1 Å². The fourth-order valence-electron chi connectivity index (χ4n) is 1.45. The zero-order valence-electron chi connectivity index (χ0n) is 10.8. The summed E-state index contributed by atoms with van der Waals surface area (Å²) >= 11 is 0. The summed E-state index contributed by atoms with van der Waals surface area (Å²) in [4.78, 5) is 11.6. The molecule has 0 aromatic heterocycles. The number of nitrogens with one attached hydrogen (secondary N) is 1. The van der Waals surface area contributed by atoms with E-state index in [-0.39, 0.29) is 12.3 Å². The predicted octanol–water partition coefficient (Wildman–Crippen LogP) is 2.00. The molecule has 3 N–H and O–H groups in total. The molecule has 5 heteroatoms. The molecule has 1 atom stereocenters. The van der Waals surface area contributed by atoms with E-state index in [0.717, 1.165) is 0 Å². The van der Waals surface area contributed by atoms with Gasteiger partial charge < -0.3 is 11.1 Å². The lowest BCUT2D eigenvalue weighted by Gasteiger charge is -2.06. The van der Waals surface area contributed by atoms with Gasteiger partial charge in [-0.05, 0) is 30.2 Å². The number of hydrogen-bond acceptors (Lipinski definition) is 3. The van der Waals surface area contributed by atoms with Crippen LogP contribution in [0.2, 0.25) is 0 Å². The molecular formula is C13H20N2O2S. The summed E-state index contributed by atoms with van der Waals surface area (Å²) in [7, 11) is -0.913. The van der Waals surface area contributed by atoms with E-state index in [0.29, 0.717) is 28.8 Å². The lowest BCUT2D eigenvalue weighted by Crippen LogP contribution is -2.17. The second kappa shape index (κ2) is 7.16. The maximum Gasteiger partial charge on any atom is 0.225 e. The van der Waals surface area contributed by atoms with E-state index in [2.05, 4.69) is 5.32 Å². The summed E-state index contributed by atoms with van der Waals surface area (Å²) in [6.07, 6.45) is 0.281. The normalized spacial score (nSPS) is 12.4. The molecule has 0 saturated heterocycles. The van der Waals surface area contributed by atoms with Gasteiger partial charge >= 0.3 is 0 Å². The summed E-state index contributed by atoms with van der Waals surface area (Å²) in [6, 6.07) is 6.95. The Morgan fingerprint density at radius 3 is 2.50 bits per heavy atom. The molecule has 0 aliphatic rings. The van der Waals surface area contributed by atoms with Gasteiger partial charge in [0, 0.05) is 40.1 Å². The van der Waals surface area contributed by atoms with Gasteiger partial charge in [-0.25, -0.2) is 0 Å². The van der Waals surface area contributed by atoms with Gasteiger partial charge in [-0.2, -0.15) is 0 Å². The Hall–Kier alpha value is -1.36. The Balaban J connectivity index is 2.34. The van der Waals surface area contributed by atoms with Crippen LogP contribution in [0, 0.1) is 5.92 Å². The maximum atomic E-state index is 11.6. The van der Waals surface area contributed by atoms with Gasteiger partial charge in [-0.15, -0.1) is 0 Å². The quantitative estimate of drug-likeness (QED) is 0.775. The zero-order valence-corrected chi connectivity index (χ0v) is 11.6. The minimum atomic E-state index is -0.913. The number of carbonyl (C=O) groups excluding carboxylic acids is 1. The van der Waals surface area contributed by atoms with Crippen molar-refractivity contribution in [2.75, 3.05) is 22.6 Å². The zero-order chi connectivity index (χ0) is 13.5. The van der Waals surface area contributed by atoms with Crippen LogP contribution in [0.15, 0.2) is 24.3 Å². The fourth-order valence-corrected chi connectivity index (χ4v) is 2.77. The number of nitrogens with two attached hydrogens (primary N) is 1. The lowest BCUT2D eigenvalue weighted by atomic mass is 10.3. The van der Waals surface area contributed by atoms with Gasteiger partial charge in [0.15, 0.2) is 0 Å². The van der Waals surface area contributed by atoms with E-state index >= 15 is 0 Å². The smallest absolute Gasteiger partial charge is 0.225 e. The average Bonchev–Trinajstić information content (AvgIpc) is 2.29. The first kappa shape index (κ1) is 14.7. The molecule has 0 bridgehead atoms. The number of rotatable bonds is 6. The van der Waals surface area contributed by atoms with Crippen LogP contribution in [0.25, 0.3) is 0 Å². The molecule has 0 aliphatic carbocycles. The Morgan fingerprint density at radius 1 is 1.33 bits per heavy atom. The van der Waals surface area contributed by atoms with Crippen molar-refractivity contribution in [3.8, 4) is 0 Å². The van der Waals surface area contributed by atoms with E-state index in [1.807, 2.05) is 13.8 Å². The molecular weight excluding hydrogens is 248 g/mol. The van der Waals surface area contributed by atoms with Gasteiger partial charge in [-0.1, -0.05) is 13.8 Å². The maximum absolute atomic E-state index is 11.6. The molecule has 4 nitrogen and oxygen atoms in total.